The van der Waals surface area contributed by atoms with E-state index in [0.29, 0.717) is 5.95 Å². The summed E-state index contributed by atoms with van der Waals surface area (Å²) in [5.74, 6) is 0.570. The molecule has 0 saturated heterocycles. The molecular formula is C7H6N4O. The van der Waals surface area contributed by atoms with E-state index in [0.717, 1.165) is 0 Å². The van der Waals surface area contributed by atoms with Gasteiger partial charge in [0.1, 0.15) is 25.2 Å². The van der Waals surface area contributed by atoms with Gasteiger partial charge in [0.2, 0.25) is 5.95 Å². The fourth-order valence-electron chi connectivity index (χ4n) is 0.796. The van der Waals surface area contributed by atoms with Crippen LogP contribution in [-0.4, -0.2) is 15.0 Å². The van der Waals surface area contributed by atoms with Crippen molar-refractivity contribution in [2.45, 2.75) is 0 Å². The molecule has 0 saturated carbocycles. The summed E-state index contributed by atoms with van der Waals surface area (Å²) in [6.07, 6.45) is 9.41. The number of rotatable bonds is 1. The highest BCUT2D eigenvalue weighted by Crippen LogP contribution is 2.08. The van der Waals surface area contributed by atoms with Gasteiger partial charge in [-0.15, -0.1) is 0 Å². The van der Waals surface area contributed by atoms with Crippen molar-refractivity contribution in [3.8, 4) is 0 Å². The molecule has 12 heavy (non-hydrogen) atoms. The Bertz CT molecular complexity index is 296. The number of nitrogens with zero attached hydrogens (tertiary/aromatic N) is 4. The Kier molecular flexibility index (Phi) is 1.69. The molecule has 0 aromatic carbocycles. The monoisotopic (exact) mass is 162 g/mol. The van der Waals surface area contributed by atoms with E-state index in [4.69, 9.17) is 4.74 Å². The van der Waals surface area contributed by atoms with Crippen molar-refractivity contribution >= 4 is 5.95 Å². The molecule has 0 amide bonds. The topological polar surface area (TPSA) is 51.1 Å². The lowest BCUT2D eigenvalue weighted by Gasteiger charge is -2.13. The summed E-state index contributed by atoms with van der Waals surface area (Å²) >= 11 is 0. The van der Waals surface area contributed by atoms with Gasteiger partial charge in [-0.25, -0.2) is 15.0 Å². The zero-order valence-corrected chi connectivity index (χ0v) is 6.16. The molecule has 0 bridgehead atoms. The van der Waals surface area contributed by atoms with Gasteiger partial charge in [0.25, 0.3) is 0 Å². The minimum Gasteiger partial charge on any atom is -0.470 e. The highest BCUT2D eigenvalue weighted by Gasteiger charge is 2.03. The van der Waals surface area contributed by atoms with E-state index in [2.05, 4.69) is 15.0 Å². The van der Waals surface area contributed by atoms with E-state index in [1.54, 1.807) is 29.8 Å². The summed E-state index contributed by atoms with van der Waals surface area (Å²) in [4.78, 5) is 13.3. The Morgan fingerprint density at radius 3 is 2.42 bits per heavy atom. The van der Waals surface area contributed by atoms with E-state index < -0.39 is 0 Å². The molecule has 1 aliphatic heterocycles. The number of hydrogen-bond acceptors (Lipinski definition) is 5. The Labute approximate surface area is 69.0 Å². The second-order valence-electron chi connectivity index (χ2n) is 2.05. The standard InChI is InChI=1S/C7H6N4O/c1-3-12-4-2-11(1)7-9-5-8-6-10-7/h1-6H. The maximum absolute atomic E-state index is 4.85. The first-order chi connectivity index (χ1) is 5.97. The molecule has 1 aromatic rings. The lowest BCUT2D eigenvalue weighted by Crippen LogP contribution is -2.12. The predicted octanol–water partition coefficient (Wildman–Crippen LogP) is 0.651. The average molecular weight is 162 g/mol. The normalized spacial score (nSPS) is 14.5. The van der Waals surface area contributed by atoms with Gasteiger partial charge in [-0.05, 0) is 0 Å². The molecule has 1 aliphatic rings. The molecule has 2 rings (SSSR count). The third kappa shape index (κ3) is 1.24. The number of ether oxygens (including phenoxy) is 1. The Hall–Kier alpha value is -1.91. The Morgan fingerprint density at radius 2 is 1.75 bits per heavy atom. The molecule has 0 N–H and O–H groups in total. The maximum Gasteiger partial charge on any atom is 0.236 e. The van der Waals surface area contributed by atoms with Crippen LogP contribution in [0.4, 0.5) is 5.95 Å². The first-order valence-electron chi connectivity index (χ1n) is 3.36. The molecular weight excluding hydrogens is 156 g/mol. The Morgan fingerprint density at radius 1 is 1.08 bits per heavy atom. The van der Waals surface area contributed by atoms with Crippen LogP contribution in [0.5, 0.6) is 0 Å². The zero-order valence-electron chi connectivity index (χ0n) is 6.16. The van der Waals surface area contributed by atoms with Crippen LogP contribution in [0.15, 0.2) is 37.6 Å². The van der Waals surface area contributed by atoms with Crippen LogP contribution in [0.25, 0.3) is 0 Å². The minimum absolute atomic E-state index is 0.570. The third-order valence-corrected chi connectivity index (χ3v) is 1.31. The van der Waals surface area contributed by atoms with Crippen molar-refractivity contribution in [2.75, 3.05) is 4.90 Å². The molecule has 2 heterocycles. The summed E-state index contributed by atoms with van der Waals surface area (Å²) in [6, 6.07) is 0. The van der Waals surface area contributed by atoms with Crippen molar-refractivity contribution in [1.29, 1.82) is 0 Å². The van der Waals surface area contributed by atoms with Gasteiger partial charge in [-0.2, -0.15) is 0 Å². The molecule has 0 radical (unpaired) electrons. The molecule has 0 unspecified atom stereocenters. The Balaban J connectivity index is 2.25. The van der Waals surface area contributed by atoms with E-state index in [-0.39, 0.29) is 0 Å². The molecule has 0 spiro atoms. The van der Waals surface area contributed by atoms with Crippen LogP contribution in [0.2, 0.25) is 0 Å². The summed E-state index contributed by atoms with van der Waals surface area (Å²) < 4.78 is 4.85. The quantitative estimate of drug-likeness (QED) is 0.606. The second-order valence-corrected chi connectivity index (χ2v) is 2.05. The molecule has 60 valence electrons. The van der Waals surface area contributed by atoms with E-state index in [1.807, 2.05) is 0 Å². The van der Waals surface area contributed by atoms with Crippen LogP contribution in [0.1, 0.15) is 0 Å². The number of aromatic nitrogens is 3. The molecule has 0 atom stereocenters. The highest BCUT2D eigenvalue weighted by atomic mass is 16.5. The first-order valence-corrected chi connectivity index (χ1v) is 3.36. The largest absolute Gasteiger partial charge is 0.470 e. The van der Waals surface area contributed by atoms with Crippen LogP contribution in [0, 0.1) is 0 Å². The van der Waals surface area contributed by atoms with Crippen molar-refractivity contribution in [1.82, 2.24) is 15.0 Å². The van der Waals surface area contributed by atoms with Crippen LogP contribution in [-0.2, 0) is 4.74 Å². The fourth-order valence-corrected chi connectivity index (χ4v) is 0.796. The first kappa shape index (κ1) is 6.78. The minimum atomic E-state index is 0.570. The molecule has 0 fully saturated rings. The van der Waals surface area contributed by atoms with E-state index >= 15 is 0 Å². The molecule has 1 aromatic heterocycles. The average Bonchev–Trinajstić information content (AvgIpc) is 2.21. The lowest BCUT2D eigenvalue weighted by atomic mass is 10.6. The van der Waals surface area contributed by atoms with Crippen LogP contribution in [0.3, 0.4) is 0 Å². The van der Waals surface area contributed by atoms with Gasteiger partial charge in [-0.3, -0.25) is 4.90 Å². The molecule has 5 heteroatoms. The summed E-state index contributed by atoms with van der Waals surface area (Å²) in [6.45, 7) is 0. The third-order valence-electron chi connectivity index (χ3n) is 1.31. The number of hydrogen-bond donors (Lipinski definition) is 0. The van der Waals surface area contributed by atoms with Gasteiger partial charge in [0, 0.05) is 12.4 Å². The fraction of sp³-hybridized carbons (Fsp3) is 0. The van der Waals surface area contributed by atoms with Crippen molar-refractivity contribution in [3.05, 3.63) is 37.6 Å². The van der Waals surface area contributed by atoms with Crippen molar-refractivity contribution in [3.63, 3.8) is 0 Å². The zero-order chi connectivity index (χ0) is 8.23. The molecule has 0 aliphatic carbocycles. The maximum atomic E-state index is 4.85. The number of anilines is 1. The SMILES string of the molecule is C1=CN(c2ncncn2)C=CO1. The van der Waals surface area contributed by atoms with Crippen molar-refractivity contribution < 1.29 is 4.74 Å². The second kappa shape index (κ2) is 3.00. The van der Waals surface area contributed by atoms with E-state index in [1.165, 1.54) is 12.7 Å². The summed E-state index contributed by atoms with van der Waals surface area (Å²) in [5, 5.41) is 0. The van der Waals surface area contributed by atoms with Gasteiger partial charge < -0.3 is 4.74 Å². The van der Waals surface area contributed by atoms with Crippen LogP contribution >= 0.6 is 0 Å². The molecule has 5 nitrogen and oxygen atoms in total. The predicted molar refractivity (Wildman–Crippen MR) is 41.7 cm³/mol. The van der Waals surface area contributed by atoms with Crippen molar-refractivity contribution in [2.24, 2.45) is 0 Å². The van der Waals surface area contributed by atoms with Crippen LogP contribution < -0.4 is 4.90 Å². The lowest BCUT2D eigenvalue weighted by molar-refractivity contribution is 0.393. The van der Waals surface area contributed by atoms with Gasteiger partial charge in [-0.1, -0.05) is 0 Å². The summed E-state index contributed by atoms with van der Waals surface area (Å²) in [5.41, 5.74) is 0. The van der Waals surface area contributed by atoms with E-state index in [9.17, 15) is 0 Å². The highest BCUT2D eigenvalue weighted by molar-refractivity contribution is 5.38. The van der Waals surface area contributed by atoms with Gasteiger partial charge in [0.15, 0.2) is 0 Å². The van der Waals surface area contributed by atoms with Gasteiger partial charge in [0.05, 0.1) is 0 Å². The smallest absolute Gasteiger partial charge is 0.236 e. The van der Waals surface area contributed by atoms with Gasteiger partial charge >= 0.3 is 0 Å². The summed E-state index contributed by atoms with van der Waals surface area (Å²) in [7, 11) is 0.